The van der Waals surface area contributed by atoms with E-state index in [-0.39, 0.29) is 5.56 Å². The number of hydrogen-bond acceptors (Lipinski definition) is 2. The highest BCUT2D eigenvalue weighted by molar-refractivity contribution is 5.88. The van der Waals surface area contributed by atoms with E-state index >= 15 is 0 Å². The molecule has 1 aromatic heterocycles. The van der Waals surface area contributed by atoms with Gasteiger partial charge in [0, 0.05) is 0 Å². The van der Waals surface area contributed by atoms with Crippen molar-refractivity contribution in [3.8, 4) is 0 Å². The molecule has 0 saturated carbocycles. The second kappa shape index (κ2) is 4.49. The third-order valence-corrected chi connectivity index (χ3v) is 2.14. The van der Waals surface area contributed by atoms with Gasteiger partial charge in [-0.05, 0) is 35.9 Å². The highest BCUT2D eigenvalue weighted by atomic mass is 16.4. The number of carboxylic acids is 1. The van der Waals surface area contributed by atoms with Crippen molar-refractivity contribution in [3.05, 3.63) is 59.5 Å². The quantitative estimate of drug-likeness (QED) is 0.853. The summed E-state index contributed by atoms with van der Waals surface area (Å²) in [6.45, 7) is 0. The molecule has 0 bridgehead atoms. The van der Waals surface area contributed by atoms with E-state index in [2.05, 4.69) is 0 Å². The van der Waals surface area contributed by atoms with Gasteiger partial charge in [-0.2, -0.15) is 0 Å². The fourth-order valence-corrected chi connectivity index (χ4v) is 1.30. The van der Waals surface area contributed by atoms with Crippen LogP contribution in [0.25, 0.3) is 12.2 Å². The average molecular weight is 214 g/mol. The molecule has 0 aliphatic rings. The first-order chi connectivity index (χ1) is 7.75. The second-order valence-electron chi connectivity index (χ2n) is 3.28. The van der Waals surface area contributed by atoms with Crippen molar-refractivity contribution in [2.75, 3.05) is 0 Å². The Morgan fingerprint density at radius 1 is 1.12 bits per heavy atom. The lowest BCUT2D eigenvalue weighted by Gasteiger charge is -1.95. The Morgan fingerprint density at radius 2 is 1.88 bits per heavy atom. The lowest BCUT2D eigenvalue weighted by molar-refractivity contribution is 0.0697. The molecule has 0 spiro atoms. The lowest BCUT2D eigenvalue weighted by atomic mass is 10.1. The predicted molar refractivity (Wildman–Crippen MR) is 61.0 cm³/mol. The number of hydrogen-bond donors (Lipinski definition) is 1. The Balaban J connectivity index is 2.14. The monoisotopic (exact) mass is 214 g/mol. The van der Waals surface area contributed by atoms with E-state index in [1.165, 1.54) is 0 Å². The van der Waals surface area contributed by atoms with Gasteiger partial charge in [-0.25, -0.2) is 4.79 Å². The van der Waals surface area contributed by atoms with E-state index in [1.807, 2.05) is 24.3 Å². The standard InChI is InChI=1S/C13H10O3/c14-13(15)11-6-3-10(4-7-11)5-8-12-2-1-9-16-12/h1-9H,(H,14,15)/b8-5+. The molecule has 2 rings (SSSR count). The van der Waals surface area contributed by atoms with Gasteiger partial charge in [0.15, 0.2) is 0 Å². The maximum Gasteiger partial charge on any atom is 0.335 e. The van der Waals surface area contributed by atoms with Gasteiger partial charge in [0.05, 0.1) is 11.8 Å². The number of rotatable bonds is 3. The smallest absolute Gasteiger partial charge is 0.335 e. The summed E-state index contributed by atoms with van der Waals surface area (Å²) < 4.78 is 5.14. The van der Waals surface area contributed by atoms with Gasteiger partial charge in [0.25, 0.3) is 0 Å². The van der Waals surface area contributed by atoms with Gasteiger partial charge in [-0.3, -0.25) is 0 Å². The first kappa shape index (κ1) is 10.2. The SMILES string of the molecule is O=C(O)c1ccc(/C=C/c2ccco2)cc1. The molecule has 1 heterocycles. The maximum atomic E-state index is 10.6. The molecule has 0 unspecified atom stereocenters. The Bertz CT molecular complexity index is 492. The number of carbonyl (C=O) groups is 1. The molecule has 1 N–H and O–H groups in total. The zero-order valence-electron chi connectivity index (χ0n) is 8.46. The molecule has 1 aromatic carbocycles. The van der Waals surface area contributed by atoms with Crippen LogP contribution in [0, 0.1) is 0 Å². The molecule has 0 amide bonds. The fraction of sp³-hybridized carbons (Fsp3) is 0. The maximum absolute atomic E-state index is 10.6. The predicted octanol–water partition coefficient (Wildman–Crippen LogP) is 3.15. The highest BCUT2D eigenvalue weighted by Gasteiger charge is 1.99. The van der Waals surface area contributed by atoms with E-state index in [1.54, 1.807) is 30.5 Å². The molecule has 0 aliphatic heterocycles. The van der Waals surface area contributed by atoms with Crippen molar-refractivity contribution in [2.45, 2.75) is 0 Å². The minimum Gasteiger partial charge on any atom is -0.478 e. The molecule has 0 saturated heterocycles. The van der Waals surface area contributed by atoms with Crippen LogP contribution in [-0.2, 0) is 0 Å². The minimum absolute atomic E-state index is 0.287. The van der Waals surface area contributed by atoms with Crippen molar-refractivity contribution in [1.29, 1.82) is 0 Å². The van der Waals surface area contributed by atoms with Crippen molar-refractivity contribution in [3.63, 3.8) is 0 Å². The molecular weight excluding hydrogens is 204 g/mol. The van der Waals surface area contributed by atoms with Gasteiger partial charge in [0.1, 0.15) is 5.76 Å². The molecule has 2 aromatic rings. The molecule has 0 atom stereocenters. The van der Waals surface area contributed by atoms with Crippen LogP contribution in [0.15, 0.2) is 47.1 Å². The minimum atomic E-state index is -0.915. The van der Waals surface area contributed by atoms with Crippen molar-refractivity contribution < 1.29 is 14.3 Å². The molecule has 0 fully saturated rings. The number of furan rings is 1. The fourth-order valence-electron chi connectivity index (χ4n) is 1.30. The van der Waals surface area contributed by atoms with Crippen molar-refractivity contribution in [2.24, 2.45) is 0 Å². The van der Waals surface area contributed by atoms with E-state index in [9.17, 15) is 4.79 Å². The average Bonchev–Trinajstić information content (AvgIpc) is 2.80. The normalized spacial score (nSPS) is 10.8. The third-order valence-electron chi connectivity index (χ3n) is 2.14. The Morgan fingerprint density at radius 3 is 2.44 bits per heavy atom. The zero-order chi connectivity index (χ0) is 11.4. The van der Waals surface area contributed by atoms with E-state index in [0.717, 1.165) is 11.3 Å². The van der Waals surface area contributed by atoms with Crippen LogP contribution >= 0.6 is 0 Å². The number of carboxylic acid groups (broad SMARTS) is 1. The van der Waals surface area contributed by atoms with Gasteiger partial charge in [-0.15, -0.1) is 0 Å². The Hall–Kier alpha value is -2.29. The van der Waals surface area contributed by atoms with Crippen LogP contribution in [0.4, 0.5) is 0 Å². The molecular formula is C13H10O3. The van der Waals surface area contributed by atoms with Crippen molar-refractivity contribution >= 4 is 18.1 Å². The van der Waals surface area contributed by atoms with E-state index in [0.29, 0.717) is 0 Å². The lowest BCUT2D eigenvalue weighted by Crippen LogP contribution is -1.94. The molecule has 3 nitrogen and oxygen atoms in total. The Labute approximate surface area is 92.6 Å². The summed E-state index contributed by atoms with van der Waals surface area (Å²) in [5.41, 5.74) is 1.22. The molecule has 16 heavy (non-hydrogen) atoms. The van der Waals surface area contributed by atoms with Crippen LogP contribution in [0.3, 0.4) is 0 Å². The van der Waals surface area contributed by atoms with Gasteiger partial charge < -0.3 is 9.52 Å². The van der Waals surface area contributed by atoms with Crippen LogP contribution in [0.5, 0.6) is 0 Å². The molecule has 3 heteroatoms. The molecule has 0 aliphatic carbocycles. The first-order valence-corrected chi connectivity index (χ1v) is 4.80. The van der Waals surface area contributed by atoms with E-state index in [4.69, 9.17) is 9.52 Å². The van der Waals surface area contributed by atoms with Gasteiger partial charge in [0.2, 0.25) is 0 Å². The topological polar surface area (TPSA) is 50.4 Å². The summed E-state index contributed by atoms with van der Waals surface area (Å²) >= 11 is 0. The van der Waals surface area contributed by atoms with Crippen molar-refractivity contribution in [1.82, 2.24) is 0 Å². The van der Waals surface area contributed by atoms with Gasteiger partial charge in [-0.1, -0.05) is 18.2 Å². The van der Waals surface area contributed by atoms with Crippen LogP contribution in [-0.4, -0.2) is 11.1 Å². The van der Waals surface area contributed by atoms with Crippen LogP contribution in [0.2, 0.25) is 0 Å². The van der Waals surface area contributed by atoms with Crippen LogP contribution in [0.1, 0.15) is 21.7 Å². The summed E-state index contributed by atoms with van der Waals surface area (Å²) in [6.07, 6.45) is 5.30. The third kappa shape index (κ3) is 2.39. The van der Waals surface area contributed by atoms with Crippen LogP contribution < -0.4 is 0 Å². The Kier molecular flexibility index (Phi) is 2.87. The summed E-state index contributed by atoms with van der Waals surface area (Å²) in [5, 5.41) is 8.72. The largest absolute Gasteiger partial charge is 0.478 e. The first-order valence-electron chi connectivity index (χ1n) is 4.80. The zero-order valence-corrected chi connectivity index (χ0v) is 8.46. The second-order valence-corrected chi connectivity index (χ2v) is 3.28. The molecule has 0 radical (unpaired) electrons. The number of aromatic carboxylic acids is 1. The summed E-state index contributed by atoms with van der Waals surface area (Å²) in [6, 6.07) is 10.3. The summed E-state index contributed by atoms with van der Waals surface area (Å²) in [4.78, 5) is 10.6. The van der Waals surface area contributed by atoms with Gasteiger partial charge >= 0.3 is 5.97 Å². The number of benzene rings is 1. The highest BCUT2D eigenvalue weighted by Crippen LogP contribution is 2.10. The summed E-state index contributed by atoms with van der Waals surface area (Å²) in [5.74, 6) is -0.149. The summed E-state index contributed by atoms with van der Waals surface area (Å²) in [7, 11) is 0. The molecule has 80 valence electrons. The van der Waals surface area contributed by atoms with E-state index < -0.39 is 5.97 Å².